The maximum atomic E-state index is 11.3. The zero-order chi connectivity index (χ0) is 14.3. The van der Waals surface area contributed by atoms with E-state index in [-0.39, 0.29) is 6.04 Å². The van der Waals surface area contributed by atoms with Gasteiger partial charge in [-0.15, -0.1) is 0 Å². The zero-order valence-electron chi connectivity index (χ0n) is 11.1. The Kier molecular flexibility index (Phi) is 5.53. The molecule has 6 nitrogen and oxygen atoms in total. The zero-order valence-corrected chi connectivity index (χ0v) is 11.1. The number of ether oxygens (including phenoxy) is 1. The Morgan fingerprint density at radius 1 is 1.32 bits per heavy atom. The molecule has 2 N–H and O–H groups in total. The molecule has 2 amide bonds. The number of rotatable bonds is 4. The highest BCUT2D eigenvalue weighted by Crippen LogP contribution is 2.10. The van der Waals surface area contributed by atoms with Crippen molar-refractivity contribution in [3.05, 3.63) is 29.8 Å². The molecule has 0 bridgehead atoms. The minimum Gasteiger partial charge on any atom is -0.497 e. The van der Waals surface area contributed by atoms with E-state index in [1.807, 2.05) is 0 Å². The van der Waals surface area contributed by atoms with Gasteiger partial charge in [0.15, 0.2) is 0 Å². The molecule has 0 unspecified atom stereocenters. The smallest absolute Gasteiger partial charge is 0.329 e. The van der Waals surface area contributed by atoms with Crippen molar-refractivity contribution in [1.82, 2.24) is 10.7 Å². The van der Waals surface area contributed by atoms with Crippen LogP contribution in [0.3, 0.4) is 0 Å². The van der Waals surface area contributed by atoms with Gasteiger partial charge in [-0.05, 0) is 31.5 Å². The Labute approximate surface area is 111 Å². The number of hydrogen-bond donors (Lipinski definition) is 2. The summed E-state index contributed by atoms with van der Waals surface area (Å²) in [5.74, 6) is -0.821. The summed E-state index contributed by atoms with van der Waals surface area (Å²) in [4.78, 5) is 22.6. The Morgan fingerprint density at radius 2 is 2.05 bits per heavy atom. The van der Waals surface area contributed by atoms with Crippen molar-refractivity contribution in [2.24, 2.45) is 5.10 Å². The molecule has 1 aromatic rings. The summed E-state index contributed by atoms with van der Waals surface area (Å²) in [6.45, 7) is 3.54. The number of benzene rings is 1. The van der Waals surface area contributed by atoms with Crippen LogP contribution in [0.4, 0.5) is 0 Å². The highest BCUT2D eigenvalue weighted by atomic mass is 16.5. The quantitative estimate of drug-likeness (QED) is 0.476. The van der Waals surface area contributed by atoms with Gasteiger partial charge in [0.05, 0.1) is 13.3 Å². The average molecular weight is 263 g/mol. The number of carbonyl (C=O) groups excluding carboxylic acids is 2. The van der Waals surface area contributed by atoms with Gasteiger partial charge in [-0.1, -0.05) is 12.1 Å². The molecule has 0 aliphatic carbocycles. The number of nitrogens with one attached hydrogen (secondary N) is 2. The molecular formula is C13H17N3O3. The van der Waals surface area contributed by atoms with Gasteiger partial charge >= 0.3 is 11.8 Å². The lowest BCUT2D eigenvalue weighted by Gasteiger charge is -2.06. The highest BCUT2D eigenvalue weighted by molar-refractivity contribution is 6.35. The Balaban J connectivity index is 2.53. The lowest BCUT2D eigenvalue weighted by molar-refractivity contribution is -0.139. The molecule has 0 spiro atoms. The summed E-state index contributed by atoms with van der Waals surface area (Å²) in [6.07, 6.45) is 1.43. The fraction of sp³-hybridized carbons (Fsp3) is 0.308. The summed E-state index contributed by atoms with van der Waals surface area (Å²) in [6, 6.07) is 7.05. The van der Waals surface area contributed by atoms with Crippen LogP contribution in [0.5, 0.6) is 5.75 Å². The fourth-order valence-corrected chi connectivity index (χ4v) is 1.27. The standard InChI is InChI=1S/C13H17N3O3/c1-9(2)15-12(17)13(18)16-14-8-10-5-4-6-11(7-10)19-3/h4-9H,1-3H3,(H,15,17)(H,16,18). The number of hydrogen-bond acceptors (Lipinski definition) is 4. The number of hydrazone groups is 1. The van der Waals surface area contributed by atoms with E-state index in [1.54, 1.807) is 45.2 Å². The van der Waals surface area contributed by atoms with E-state index in [0.717, 1.165) is 5.56 Å². The van der Waals surface area contributed by atoms with Crippen LogP contribution in [0.25, 0.3) is 0 Å². The van der Waals surface area contributed by atoms with Crippen molar-refractivity contribution in [2.45, 2.75) is 19.9 Å². The second-order valence-electron chi connectivity index (χ2n) is 4.10. The summed E-state index contributed by atoms with van der Waals surface area (Å²) >= 11 is 0. The molecule has 1 rings (SSSR count). The van der Waals surface area contributed by atoms with Crippen LogP contribution in [-0.4, -0.2) is 31.2 Å². The molecule has 0 heterocycles. The van der Waals surface area contributed by atoms with Gasteiger partial charge in [0.2, 0.25) is 0 Å². The average Bonchev–Trinajstić information content (AvgIpc) is 2.38. The molecule has 0 saturated carbocycles. The first-order valence-electron chi connectivity index (χ1n) is 5.81. The van der Waals surface area contributed by atoms with Crippen molar-refractivity contribution in [3.63, 3.8) is 0 Å². The molecular weight excluding hydrogens is 246 g/mol. The van der Waals surface area contributed by atoms with Crippen molar-refractivity contribution < 1.29 is 14.3 Å². The summed E-state index contributed by atoms with van der Waals surface area (Å²) < 4.78 is 5.05. The predicted octanol–water partition coefficient (Wildman–Crippen LogP) is 0.670. The van der Waals surface area contributed by atoms with Gasteiger partial charge in [-0.3, -0.25) is 9.59 Å². The van der Waals surface area contributed by atoms with E-state index in [4.69, 9.17) is 4.74 Å². The van der Waals surface area contributed by atoms with Gasteiger partial charge in [0, 0.05) is 6.04 Å². The van der Waals surface area contributed by atoms with Crippen molar-refractivity contribution in [1.29, 1.82) is 0 Å². The topological polar surface area (TPSA) is 79.8 Å². The highest BCUT2D eigenvalue weighted by Gasteiger charge is 2.12. The summed E-state index contributed by atoms with van der Waals surface area (Å²) in [7, 11) is 1.56. The fourth-order valence-electron chi connectivity index (χ4n) is 1.27. The third-order valence-corrected chi connectivity index (χ3v) is 2.10. The second kappa shape index (κ2) is 7.15. The molecule has 0 aliphatic heterocycles. The normalized spacial score (nSPS) is 10.5. The van der Waals surface area contributed by atoms with E-state index in [1.165, 1.54) is 6.21 Å². The molecule has 0 saturated heterocycles. The van der Waals surface area contributed by atoms with Crippen LogP contribution in [-0.2, 0) is 9.59 Å². The molecule has 102 valence electrons. The monoisotopic (exact) mass is 263 g/mol. The first kappa shape index (κ1) is 14.7. The summed E-state index contributed by atoms with van der Waals surface area (Å²) in [5, 5.41) is 6.17. The number of amides is 2. The van der Waals surface area contributed by atoms with Gasteiger partial charge in [-0.25, -0.2) is 5.43 Å². The third-order valence-electron chi connectivity index (χ3n) is 2.10. The lowest BCUT2D eigenvalue weighted by atomic mass is 10.2. The van der Waals surface area contributed by atoms with Gasteiger partial charge in [0.1, 0.15) is 5.75 Å². The van der Waals surface area contributed by atoms with Crippen LogP contribution < -0.4 is 15.5 Å². The predicted molar refractivity (Wildman–Crippen MR) is 72.0 cm³/mol. The summed E-state index contributed by atoms with van der Waals surface area (Å²) in [5.41, 5.74) is 2.91. The van der Waals surface area contributed by atoms with Crippen molar-refractivity contribution in [3.8, 4) is 5.75 Å². The van der Waals surface area contributed by atoms with E-state index >= 15 is 0 Å². The molecule has 0 atom stereocenters. The lowest BCUT2D eigenvalue weighted by Crippen LogP contribution is -2.41. The van der Waals surface area contributed by atoms with Crippen LogP contribution in [0, 0.1) is 0 Å². The van der Waals surface area contributed by atoms with Gasteiger partial charge in [0.25, 0.3) is 0 Å². The van der Waals surface area contributed by atoms with Crippen LogP contribution in [0.15, 0.2) is 29.4 Å². The SMILES string of the molecule is COc1cccc(C=NNC(=O)C(=O)NC(C)C)c1. The number of methoxy groups -OCH3 is 1. The van der Waals surface area contributed by atoms with E-state index in [2.05, 4.69) is 15.8 Å². The maximum Gasteiger partial charge on any atom is 0.329 e. The Hall–Kier alpha value is -2.37. The molecule has 6 heteroatoms. The first-order chi connectivity index (χ1) is 9.02. The number of nitrogens with zero attached hydrogens (tertiary/aromatic N) is 1. The minimum atomic E-state index is -0.798. The molecule has 0 fully saturated rings. The molecule has 1 aromatic carbocycles. The van der Waals surface area contributed by atoms with Crippen molar-refractivity contribution in [2.75, 3.05) is 7.11 Å². The van der Waals surface area contributed by atoms with Gasteiger partial charge in [-0.2, -0.15) is 5.10 Å². The van der Waals surface area contributed by atoms with Gasteiger partial charge < -0.3 is 10.1 Å². The van der Waals surface area contributed by atoms with Crippen LogP contribution in [0.1, 0.15) is 19.4 Å². The van der Waals surface area contributed by atoms with E-state index in [9.17, 15) is 9.59 Å². The Morgan fingerprint density at radius 3 is 2.68 bits per heavy atom. The number of carbonyl (C=O) groups is 2. The molecule has 19 heavy (non-hydrogen) atoms. The van der Waals surface area contributed by atoms with Crippen LogP contribution in [0.2, 0.25) is 0 Å². The largest absolute Gasteiger partial charge is 0.497 e. The van der Waals surface area contributed by atoms with Crippen LogP contribution >= 0.6 is 0 Å². The van der Waals surface area contributed by atoms with Crippen molar-refractivity contribution >= 4 is 18.0 Å². The first-order valence-corrected chi connectivity index (χ1v) is 5.81. The molecule has 0 aliphatic rings. The molecule has 0 radical (unpaired) electrons. The van der Waals surface area contributed by atoms with E-state index < -0.39 is 11.8 Å². The minimum absolute atomic E-state index is 0.0967. The maximum absolute atomic E-state index is 11.3. The Bertz CT molecular complexity index is 484. The third kappa shape index (κ3) is 5.20. The van der Waals surface area contributed by atoms with E-state index in [0.29, 0.717) is 5.75 Å². The second-order valence-corrected chi connectivity index (χ2v) is 4.10. The molecule has 0 aromatic heterocycles.